The highest BCUT2D eigenvalue weighted by Gasteiger charge is 2.29. The third-order valence-corrected chi connectivity index (χ3v) is 2.81. The van der Waals surface area contributed by atoms with E-state index in [0.29, 0.717) is 19.0 Å². The van der Waals surface area contributed by atoms with Crippen LogP contribution in [0.3, 0.4) is 0 Å². The first-order valence-electron chi connectivity index (χ1n) is 6.80. The number of halogens is 1. The van der Waals surface area contributed by atoms with E-state index in [4.69, 9.17) is 9.57 Å². The Morgan fingerprint density at radius 2 is 2.24 bits per heavy atom. The van der Waals surface area contributed by atoms with E-state index >= 15 is 0 Å². The van der Waals surface area contributed by atoms with Gasteiger partial charge in [-0.1, -0.05) is 5.16 Å². The van der Waals surface area contributed by atoms with E-state index in [1.807, 2.05) is 27.7 Å². The lowest BCUT2D eigenvalue weighted by Gasteiger charge is -2.22. The third kappa shape index (κ3) is 5.68. The zero-order valence-electron chi connectivity index (χ0n) is 12.8. The molecule has 0 saturated heterocycles. The van der Waals surface area contributed by atoms with Crippen molar-refractivity contribution in [2.75, 3.05) is 13.1 Å². The smallest absolute Gasteiger partial charge is 0.331 e. The minimum absolute atomic E-state index is 0. The lowest BCUT2D eigenvalue weighted by molar-refractivity contribution is -0.156. The van der Waals surface area contributed by atoms with Gasteiger partial charge in [0.2, 0.25) is 0 Å². The van der Waals surface area contributed by atoms with Crippen molar-refractivity contribution >= 4 is 41.6 Å². The number of oxime groups is 1. The summed E-state index contributed by atoms with van der Waals surface area (Å²) >= 11 is 0. The van der Waals surface area contributed by atoms with E-state index < -0.39 is 11.6 Å². The minimum atomic E-state index is -0.485. The molecule has 0 bridgehead atoms. The lowest BCUT2D eigenvalue weighted by Crippen LogP contribution is -2.46. The van der Waals surface area contributed by atoms with Crippen LogP contribution in [0.2, 0.25) is 0 Å². The predicted molar refractivity (Wildman–Crippen MR) is 91.1 cm³/mol. The first-order valence-corrected chi connectivity index (χ1v) is 6.80. The van der Waals surface area contributed by atoms with Crippen molar-refractivity contribution in [1.82, 2.24) is 10.6 Å². The molecule has 2 heterocycles. The Hall–Kier alpha value is -1.06. The number of esters is 1. The van der Waals surface area contributed by atoms with Gasteiger partial charge in [-0.25, -0.2) is 4.79 Å². The summed E-state index contributed by atoms with van der Waals surface area (Å²) in [5.41, 5.74) is 0.506. The Balaban J connectivity index is 0.00000220. The Morgan fingerprint density at radius 1 is 1.52 bits per heavy atom. The van der Waals surface area contributed by atoms with E-state index in [-0.39, 0.29) is 36.0 Å². The fourth-order valence-corrected chi connectivity index (χ4v) is 1.94. The van der Waals surface area contributed by atoms with Crippen LogP contribution in [0.1, 0.15) is 34.1 Å². The molecule has 8 heteroatoms. The second kappa shape index (κ2) is 7.28. The molecule has 2 aliphatic rings. The lowest BCUT2D eigenvalue weighted by atomic mass is 10.2. The number of nitrogens with one attached hydrogen (secondary N) is 2. The van der Waals surface area contributed by atoms with Gasteiger partial charge >= 0.3 is 5.97 Å². The second-order valence-electron chi connectivity index (χ2n) is 6.06. The zero-order valence-corrected chi connectivity index (χ0v) is 15.1. The highest BCUT2D eigenvalue weighted by atomic mass is 127. The van der Waals surface area contributed by atoms with Crippen molar-refractivity contribution in [1.29, 1.82) is 0 Å². The highest BCUT2D eigenvalue weighted by molar-refractivity contribution is 14.0. The van der Waals surface area contributed by atoms with Gasteiger partial charge in [-0.2, -0.15) is 0 Å². The summed E-state index contributed by atoms with van der Waals surface area (Å²) in [5.74, 6) is 0.323. The summed E-state index contributed by atoms with van der Waals surface area (Å²) in [5, 5.41) is 10.0. The quantitative estimate of drug-likeness (QED) is 0.537. The Labute approximate surface area is 141 Å². The number of ether oxygens (including phenoxy) is 1. The van der Waals surface area contributed by atoms with Crippen molar-refractivity contribution in [2.45, 2.75) is 51.9 Å². The van der Waals surface area contributed by atoms with Crippen molar-refractivity contribution in [3.8, 4) is 0 Å². The average molecular weight is 410 g/mol. The molecule has 120 valence electrons. The molecule has 2 rings (SSSR count). The van der Waals surface area contributed by atoms with Crippen molar-refractivity contribution in [3.63, 3.8) is 0 Å². The van der Waals surface area contributed by atoms with Crippen molar-refractivity contribution in [2.24, 2.45) is 10.1 Å². The van der Waals surface area contributed by atoms with Crippen LogP contribution in [0.5, 0.6) is 0 Å². The summed E-state index contributed by atoms with van der Waals surface area (Å²) in [4.78, 5) is 21.3. The van der Waals surface area contributed by atoms with E-state index in [1.165, 1.54) is 0 Å². The fraction of sp³-hybridized carbons (Fsp3) is 0.769. The number of carbonyl (C=O) groups is 1. The van der Waals surface area contributed by atoms with Crippen LogP contribution in [0.4, 0.5) is 0 Å². The number of hydrogen-bond acceptors (Lipinski definition) is 7. The molecule has 0 aromatic carbocycles. The second-order valence-corrected chi connectivity index (χ2v) is 6.06. The Kier molecular flexibility index (Phi) is 6.24. The van der Waals surface area contributed by atoms with Gasteiger partial charge in [-0.05, 0) is 27.7 Å². The summed E-state index contributed by atoms with van der Waals surface area (Å²) in [6, 6.07) is -0.417. The molecule has 2 atom stereocenters. The summed E-state index contributed by atoms with van der Waals surface area (Å²) in [7, 11) is 0. The molecule has 0 saturated carbocycles. The molecule has 2 N–H and O–H groups in total. The van der Waals surface area contributed by atoms with E-state index in [9.17, 15) is 4.79 Å². The van der Waals surface area contributed by atoms with Gasteiger partial charge in [0.25, 0.3) is 0 Å². The first-order chi connectivity index (χ1) is 9.33. The van der Waals surface area contributed by atoms with Gasteiger partial charge in [-0.15, -0.1) is 24.0 Å². The van der Waals surface area contributed by atoms with Crippen LogP contribution < -0.4 is 10.6 Å². The molecule has 2 aliphatic heterocycles. The molecule has 0 aromatic heterocycles. The minimum Gasteiger partial charge on any atom is -0.458 e. The molecular weight excluding hydrogens is 387 g/mol. The maximum Gasteiger partial charge on any atom is 0.331 e. The summed E-state index contributed by atoms with van der Waals surface area (Å²) in [6.07, 6.45) is 0.843. The Morgan fingerprint density at radius 3 is 2.81 bits per heavy atom. The SMILES string of the molecule is CC1=NOC(CNC2=NC[C@@H](C(=O)OC(C)(C)C)N2)C1.I. The van der Waals surface area contributed by atoms with Crippen molar-refractivity contribution in [3.05, 3.63) is 0 Å². The standard InChI is InChI=1S/C13H22N4O3.HI/c1-8-5-9(20-17-8)6-14-12-15-7-10(16-12)11(18)19-13(2,3)4;/h9-10H,5-7H2,1-4H3,(H2,14,15,16);1H/t9?,10-;/m0./s1. The number of aliphatic imine (C=N–C) groups is 1. The van der Waals surface area contributed by atoms with Crippen LogP contribution in [-0.4, -0.2) is 48.5 Å². The number of guanidine groups is 1. The molecule has 0 spiro atoms. The van der Waals surface area contributed by atoms with E-state index in [2.05, 4.69) is 20.8 Å². The first kappa shape index (κ1) is 18.0. The van der Waals surface area contributed by atoms with Gasteiger partial charge in [0.05, 0.1) is 18.8 Å². The fourth-order valence-electron chi connectivity index (χ4n) is 1.94. The predicted octanol–water partition coefficient (Wildman–Crippen LogP) is 1.03. The average Bonchev–Trinajstić information content (AvgIpc) is 2.93. The van der Waals surface area contributed by atoms with Crippen LogP contribution in [0.15, 0.2) is 10.1 Å². The number of nitrogens with zero attached hydrogens (tertiary/aromatic N) is 2. The molecule has 21 heavy (non-hydrogen) atoms. The molecule has 0 aromatic rings. The van der Waals surface area contributed by atoms with Gasteiger partial charge in [0, 0.05) is 6.42 Å². The van der Waals surface area contributed by atoms with E-state index in [1.54, 1.807) is 0 Å². The molecule has 7 nitrogen and oxygen atoms in total. The molecule has 0 fully saturated rings. The van der Waals surface area contributed by atoms with Gasteiger partial charge in [-0.3, -0.25) is 4.99 Å². The summed E-state index contributed by atoms with van der Waals surface area (Å²) < 4.78 is 5.32. The van der Waals surface area contributed by atoms with Crippen LogP contribution in [0, 0.1) is 0 Å². The molecule has 0 amide bonds. The molecule has 0 aliphatic carbocycles. The third-order valence-electron chi connectivity index (χ3n) is 2.81. The highest BCUT2D eigenvalue weighted by Crippen LogP contribution is 2.11. The maximum atomic E-state index is 11.9. The van der Waals surface area contributed by atoms with Gasteiger partial charge in [0.15, 0.2) is 5.96 Å². The number of hydrogen-bond donors (Lipinski definition) is 2. The summed E-state index contributed by atoms with van der Waals surface area (Å²) in [6.45, 7) is 8.47. The normalized spacial score (nSPS) is 24.2. The monoisotopic (exact) mass is 410 g/mol. The van der Waals surface area contributed by atoms with Gasteiger partial charge in [0.1, 0.15) is 17.7 Å². The van der Waals surface area contributed by atoms with Crippen molar-refractivity contribution < 1.29 is 14.4 Å². The molecule has 0 radical (unpaired) electrons. The zero-order chi connectivity index (χ0) is 14.8. The number of carbonyl (C=O) groups excluding carboxylic acids is 1. The molecule has 1 unspecified atom stereocenters. The Bertz CT molecular complexity index is 445. The van der Waals surface area contributed by atoms with Crippen LogP contribution in [-0.2, 0) is 14.4 Å². The number of rotatable bonds is 3. The topological polar surface area (TPSA) is 84.3 Å². The molecular formula is C13H23IN4O3. The van der Waals surface area contributed by atoms with Crippen LogP contribution in [0.25, 0.3) is 0 Å². The largest absolute Gasteiger partial charge is 0.458 e. The van der Waals surface area contributed by atoms with Crippen LogP contribution >= 0.6 is 24.0 Å². The maximum absolute atomic E-state index is 11.9. The van der Waals surface area contributed by atoms with Gasteiger partial charge < -0.3 is 20.2 Å². The van der Waals surface area contributed by atoms with E-state index in [0.717, 1.165) is 12.1 Å².